The molecule has 0 saturated carbocycles. The molecule has 2 rings (SSSR count). The van der Waals surface area contributed by atoms with Crippen LogP contribution in [0.1, 0.15) is 309 Å². The van der Waals surface area contributed by atoms with E-state index in [4.69, 9.17) is 18.9 Å². The summed E-state index contributed by atoms with van der Waals surface area (Å²) >= 11 is 0. The van der Waals surface area contributed by atoms with Crippen LogP contribution in [-0.2, 0) is 23.7 Å². The van der Waals surface area contributed by atoms with Crippen molar-refractivity contribution in [3.05, 3.63) is 97.2 Å². The van der Waals surface area contributed by atoms with Gasteiger partial charge in [-0.1, -0.05) is 310 Å². The highest BCUT2D eigenvalue weighted by atomic mass is 16.7. The number of unbranched alkanes of at least 4 members (excludes halogenated alkanes) is 36. The molecular formula is C80H141NO13. The molecule has 2 saturated heterocycles. The molecule has 14 heteroatoms. The van der Waals surface area contributed by atoms with Gasteiger partial charge < -0.3 is 65.1 Å². The second kappa shape index (κ2) is 63.4. The molecule has 14 nitrogen and oxygen atoms in total. The van der Waals surface area contributed by atoms with Gasteiger partial charge in [-0.25, -0.2) is 0 Å². The van der Waals surface area contributed by atoms with Crippen LogP contribution in [0.25, 0.3) is 0 Å². The Labute approximate surface area is 573 Å². The molecule has 0 aromatic carbocycles. The van der Waals surface area contributed by atoms with Crippen LogP contribution in [0.2, 0.25) is 0 Å². The maximum atomic E-state index is 13.3. The van der Waals surface area contributed by atoms with Gasteiger partial charge in [0.2, 0.25) is 5.91 Å². The summed E-state index contributed by atoms with van der Waals surface area (Å²) in [6, 6.07) is -0.941. The molecular weight excluding hydrogens is 1180 g/mol. The van der Waals surface area contributed by atoms with Crippen LogP contribution in [-0.4, -0.2) is 140 Å². The summed E-state index contributed by atoms with van der Waals surface area (Å²) in [6.07, 6.45) is 73.5. The molecule has 12 unspecified atom stereocenters. The van der Waals surface area contributed by atoms with Crippen LogP contribution in [0.3, 0.4) is 0 Å². The summed E-state index contributed by atoms with van der Waals surface area (Å²) in [5, 5.41) is 87.5. The van der Waals surface area contributed by atoms with E-state index < -0.39 is 86.8 Å². The number of ether oxygens (including phenoxy) is 4. The Morgan fingerprint density at radius 3 is 1.17 bits per heavy atom. The molecule has 2 heterocycles. The van der Waals surface area contributed by atoms with Crippen molar-refractivity contribution in [3.8, 4) is 0 Å². The zero-order valence-electron chi connectivity index (χ0n) is 59.4. The number of carbonyl (C=O) groups excluding carboxylic acids is 1. The van der Waals surface area contributed by atoms with E-state index in [-0.39, 0.29) is 18.9 Å². The molecule has 12 atom stereocenters. The summed E-state index contributed by atoms with van der Waals surface area (Å²) in [6.45, 7) is 2.68. The molecule has 2 aliphatic heterocycles. The topological polar surface area (TPSA) is 228 Å². The van der Waals surface area contributed by atoms with Gasteiger partial charge >= 0.3 is 0 Å². The van der Waals surface area contributed by atoms with E-state index in [1.54, 1.807) is 6.08 Å². The molecule has 0 aromatic rings. The molecule has 0 spiro atoms. The Balaban J connectivity index is 1.58. The van der Waals surface area contributed by atoms with Crippen LogP contribution in [0.15, 0.2) is 97.2 Å². The zero-order valence-corrected chi connectivity index (χ0v) is 59.4. The quantitative estimate of drug-likeness (QED) is 0.0204. The average molecular weight is 1330 g/mol. The summed E-state index contributed by atoms with van der Waals surface area (Å²) < 4.78 is 22.8. The minimum atomic E-state index is -1.80. The second-order valence-corrected chi connectivity index (χ2v) is 26.7. The third-order valence-electron chi connectivity index (χ3n) is 18.2. The van der Waals surface area contributed by atoms with Gasteiger partial charge in [-0.15, -0.1) is 0 Å². The number of nitrogens with one attached hydrogen (secondary N) is 1. The number of allylic oxidation sites excluding steroid dienone is 15. The lowest BCUT2D eigenvalue weighted by Gasteiger charge is -2.46. The van der Waals surface area contributed by atoms with Crippen LogP contribution in [0.4, 0.5) is 0 Å². The van der Waals surface area contributed by atoms with Gasteiger partial charge in [-0.2, -0.15) is 0 Å². The third kappa shape index (κ3) is 46.2. The molecule has 0 radical (unpaired) electrons. The fourth-order valence-electron chi connectivity index (χ4n) is 12.2. The van der Waals surface area contributed by atoms with E-state index >= 15 is 0 Å². The molecule has 2 aliphatic rings. The van der Waals surface area contributed by atoms with Gasteiger partial charge in [0, 0.05) is 6.42 Å². The van der Waals surface area contributed by atoms with Crippen molar-refractivity contribution >= 4 is 5.91 Å². The summed E-state index contributed by atoms with van der Waals surface area (Å²) in [4.78, 5) is 13.3. The first kappa shape index (κ1) is 87.0. The highest BCUT2D eigenvalue weighted by Gasteiger charge is 2.51. The normalized spacial score (nSPS) is 23.0. The van der Waals surface area contributed by atoms with Gasteiger partial charge in [-0.3, -0.25) is 4.79 Å². The van der Waals surface area contributed by atoms with Crippen LogP contribution in [0, 0.1) is 0 Å². The number of hydrogen-bond donors (Lipinski definition) is 9. The van der Waals surface area contributed by atoms with E-state index in [2.05, 4.69) is 104 Å². The Morgan fingerprint density at radius 2 is 0.745 bits per heavy atom. The van der Waals surface area contributed by atoms with E-state index in [9.17, 15) is 45.6 Å². The predicted octanol–water partition coefficient (Wildman–Crippen LogP) is 16.9. The Morgan fingerprint density at radius 1 is 0.394 bits per heavy atom. The lowest BCUT2D eigenvalue weighted by atomic mass is 9.97. The van der Waals surface area contributed by atoms with Crippen molar-refractivity contribution in [1.29, 1.82) is 0 Å². The summed E-state index contributed by atoms with van der Waals surface area (Å²) in [5.41, 5.74) is 0. The van der Waals surface area contributed by atoms with Gasteiger partial charge in [0.1, 0.15) is 48.8 Å². The molecule has 544 valence electrons. The van der Waals surface area contributed by atoms with Crippen molar-refractivity contribution in [2.24, 2.45) is 0 Å². The first-order valence-electron chi connectivity index (χ1n) is 38.5. The maximum absolute atomic E-state index is 13.3. The summed E-state index contributed by atoms with van der Waals surface area (Å²) in [7, 11) is 0. The van der Waals surface area contributed by atoms with Gasteiger partial charge in [0.15, 0.2) is 12.6 Å². The Hall–Kier alpha value is -3.09. The molecule has 0 aliphatic carbocycles. The van der Waals surface area contributed by atoms with E-state index in [0.717, 1.165) is 77.0 Å². The minimum absolute atomic E-state index is 0.250. The molecule has 1 amide bonds. The van der Waals surface area contributed by atoms with Crippen molar-refractivity contribution in [1.82, 2.24) is 5.32 Å². The molecule has 0 aromatic heterocycles. The fraction of sp³-hybridized carbons (Fsp3) is 0.787. The van der Waals surface area contributed by atoms with Gasteiger partial charge in [-0.05, 0) is 89.9 Å². The average Bonchev–Trinajstić information content (AvgIpc) is 0.794. The third-order valence-corrected chi connectivity index (χ3v) is 18.2. The van der Waals surface area contributed by atoms with Crippen molar-refractivity contribution in [3.63, 3.8) is 0 Å². The van der Waals surface area contributed by atoms with Crippen molar-refractivity contribution in [2.75, 3.05) is 19.8 Å². The maximum Gasteiger partial charge on any atom is 0.220 e. The highest BCUT2D eigenvalue weighted by molar-refractivity contribution is 5.76. The van der Waals surface area contributed by atoms with Crippen molar-refractivity contribution in [2.45, 2.75) is 383 Å². The Kier molecular flexibility index (Phi) is 58.6. The van der Waals surface area contributed by atoms with Crippen molar-refractivity contribution < 1.29 is 64.6 Å². The molecule has 9 N–H and O–H groups in total. The lowest BCUT2D eigenvalue weighted by molar-refractivity contribution is -0.359. The van der Waals surface area contributed by atoms with Gasteiger partial charge in [0.05, 0.1) is 32.0 Å². The fourth-order valence-corrected chi connectivity index (χ4v) is 12.2. The van der Waals surface area contributed by atoms with Crippen LogP contribution in [0.5, 0.6) is 0 Å². The van der Waals surface area contributed by atoms with E-state index in [1.807, 2.05) is 6.08 Å². The number of amides is 1. The Bertz CT molecular complexity index is 1950. The number of aliphatic hydroxyl groups is 8. The predicted molar refractivity (Wildman–Crippen MR) is 387 cm³/mol. The van der Waals surface area contributed by atoms with Gasteiger partial charge in [0.25, 0.3) is 0 Å². The standard InChI is InChI=1S/C80H141NO13/c1-3-5-7-9-11-13-15-17-19-21-23-24-25-26-27-28-29-30-31-32-33-34-35-36-37-38-39-40-41-42-43-44-46-48-50-52-54-56-58-60-62-64-72(85)81-68(69(84)63-61-59-57-55-53-51-49-47-45-22-20-18-16-14-12-10-8-6-4-2)67-91-79-77(90)75(88)78(71(66-83)93-79)94-80-76(89)74(87)73(86)70(65-82)92-80/h5,7,11,13,17,19,23-24,26-27,45,47,53,55,61,63,68-71,73-80,82-84,86-90H,3-4,6,8-10,12,14-16,18,20-22,25,28-44,46,48-52,54,56-60,62,64-67H2,1-2H3,(H,81,85)/b7-5-,13-11-,19-17-,24-23-,27-26-,47-45+,55-53+,63-61+. The number of rotatable bonds is 63. The first-order valence-corrected chi connectivity index (χ1v) is 38.5. The second-order valence-electron chi connectivity index (χ2n) is 26.7. The van der Waals surface area contributed by atoms with Crippen LogP contribution < -0.4 is 5.32 Å². The SMILES string of the molecule is CC/C=C\C/C=C\C/C=C\C/C=C\C/C=C\CCCCCCCCCCCCCCCCCCCCCCCCCCCC(=O)NC(COC1OC(CO)C(OC2OC(CO)C(O)C(O)C2O)C(O)C1O)C(O)/C=C/CC/C=C/CC/C=C/CCCCCCCCCCC. The lowest BCUT2D eigenvalue weighted by Crippen LogP contribution is -2.65. The summed E-state index contributed by atoms with van der Waals surface area (Å²) in [5.74, 6) is -0.250. The van der Waals surface area contributed by atoms with Crippen LogP contribution >= 0.6 is 0 Å². The number of carbonyl (C=O) groups is 1. The molecule has 0 bridgehead atoms. The smallest absolute Gasteiger partial charge is 0.220 e. The highest BCUT2D eigenvalue weighted by Crippen LogP contribution is 2.30. The zero-order chi connectivity index (χ0) is 68.0. The minimum Gasteiger partial charge on any atom is -0.394 e. The largest absolute Gasteiger partial charge is 0.394 e. The van der Waals surface area contributed by atoms with E-state index in [0.29, 0.717) is 12.8 Å². The molecule has 94 heavy (non-hydrogen) atoms. The first-order chi connectivity index (χ1) is 46.1. The number of hydrogen-bond acceptors (Lipinski definition) is 13. The number of aliphatic hydroxyl groups excluding tert-OH is 8. The van der Waals surface area contributed by atoms with E-state index in [1.165, 1.54) is 199 Å². The monoisotopic (exact) mass is 1320 g/mol. The molecule has 2 fully saturated rings.